The van der Waals surface area contributed by atoms with Crippen LogP contribution >= 0.6 is 22.9 Å². The van der Waals surface area contributed by atoms with E-state index in [0.717, 1.165) is 16.9 Å². The summed E-state index contributed by atoms with van der Waals surface area (Å²) in [6, 6.07) is 7.37. The van der Waals surface area contributed by atoms with Crippen molar-refractivity contribution in [2.24, 2.45) is 0 Å². The van der Waals surface area contributed by atoms with E-state index in [4.69, 9.17) is 21.1 Å². The number of ether oxygens (including phenoxy) is 2. The molecule has 2 heterocycles. The van der Waals surface area contributed by atoms with Gasteiger partial charge in [0.15, 0.2) is 0 Å². The van der Waals surface area contributed by atoms with E-state index >= 15 is 0 Å². The number of nitrogens with zero attached hydrogens (tertiary/aromatic N) is 2. The van der Waals surface area contributed by atoms with Crippen molar-refractivity contribution in [2.45, 2.75) is 20.5 Å². The number of carbonyl (C=O) groups excluding carboxylic acids is 2. The van der Waals surface area contributed by atoms with Gasteiger partial charge in [-0.1, -0.05) is 11.6 Å². The number of piperazine rings is 1. The van der Waals surface area contributed by atoms with Crippen molar-refractivity contribution in [2.75, 3.05) is 32.8 Å². The first-order valence-corrected chi connectivity index (χ1v) is 10.4. The minimum Gasteiger partial charge on any atom is -0.489 e. The van der Waals surface area contributed by atoms with E-state index in [0.29, 0.717) is 49.3 Å². The quantitative estimate of drug-likeness (QED) is 0.724. The van der Waals surface area contributed by atoms with Crippen molar-refractivity contribution >= 4 is 34.9 Å². The minimum absolute atomic E-state index is 0.0116. The lowest BCUT2D eigenvalue weighted by Gasteiger charge is -2.33. The Morgan fingerprint density at radius 2 is 1.86 bits per heavy atom. The predicted octanol–water partition coefficient (Wildman–Crippen LogP) is 4.20. The molecule has 2 aromatic rings. The Morgan fingerprint density at radius 1 is 1.14 bits per heavy atom. The number of aryl methyl sites for hydroxylation is 1. The van der Waals surface area contributed by atoms with Crippen LogP contribution in [0.15, 0.2) is 29.6 Å². The third-order valence-corrected chi connectivity index (χ3v) is 5.69. The van der Waals surface area contributed by atoms with Crippen LogP contribution in [0, 0.1) is 6.92 Å². The fourth-order valence-corrected chi connectivity index (χ4v) is 4.05. The zero-order valence-electron chi connectivity index (χ0n) is 15.9. The molecule has 1 fully saturated rings. The highest BCUT2D eigenvalue weighted by Crippen LogP contribution is 2.24. The largest absolute Gasteiger partial charge is 0.489 e. The van der Waals surface area contributed by atoms with Gasteiger partial charge in [-0.05, 0) is 49.1 Å². The molecule has 150 valence electrons. The van der Waals surface area contributed by atoms with Crippen LogP contribution in [-0.2, 0) is 11.3 Å². The average Bonchev–Trinajstić information content (AvgIpc) is 3.16. The molecular formula is C20H23ClN2O4S. The third-order valence-electron chi connectivity index (χ3n) is 4.49. The van der Waals surface area contributed by atoms with Crippen LogP contribution < -0.4 is 4.74 Å². The summed E-state index contributed by atoms with van der Waals surface area (Å²) in [5, 5.41) is 2.61. The lowest BCUT2D eigenvalue weighted by molar-refractivity contribution is 0.0574. The Morgan fingerprint density at radius 3 is 2.54 bits per heavy atom. The van der Waals surface area contributed by atoms with E-state index in [1.54, 1.807) is 22.8 Å². The molecule has 0 unspecified atom stereocenters. The van der Waals surface area contributed by atoms with Crippen LogP contribution in [0.3, 0.4) is 0 Å². The average molecular weight is 423 g/mol. The minimum atomic E-state index is -0.317. The summed E-state index contributed by atoms with van der Waals surface area (Å²) in [7, 11) is 0. The lowest BCUT2D eigenvalue weighted by atomic mass is 10.2. The van der Waals surface area contributed by atoms with Crippen molar-refractivity contribution in [1.29, 1.82) is 0 Å². The molecule has 1 aromatic carbocycles. The number of amides is 2. The Hall–Kier alpha value is -2.25. The molecule has 6 nitrogen and oxygen atoms in total. The molecule has 3 rings (SSSR count). The zero-order chi connectivity index (χ0) is 20.1. The van der Waals surface area contributed by atoms with Crippen molar-refractivity contribution in [3.8, 4) is 5.75 Å². The van der Waals surface area contributed by atoms with Crippen molar-refractivity contribution in [3.05, 3.63) is 50.7 Å². The van der Waals surface area contributed by atoms with Gasteiger partial charge >= 0.3 is 6.09 Å². The van der Waals surface area contributed by atoms with E-state index in [-0.39, 0.29) is 12.0 Å². The molecule has 1 aliphatic rings. The van der Waals surface area contributed by atoms with Crippen molar-refractivity contribution in [3.63, 3.8) is 0 Å². The molecule has 1 aliphatic heterocycles. The molecule has 8 heteroatoms. The fourth-order valence-electron chi connectivity index (χ4n) is 2.96. The molecule has 0 N–H and O–H groups in total. The van der Waals surface area contributed by atoms with Gasteiger partial charge in [-0.3, -0.25) is 4.79 Å². The van der Waals surface area contributed by atoms with Gasteiger partial charge < -0.3 is 19.3 Å². The predicted molar refractivity (Wildman–Crippen MR) is 109 cm³/mol. The molecule has 1 aromatic heterocycles. The maximum Gasteiger partial charge on any atom is 0.409 e. The van der Waals surface area contributed by atoms with E-state index in [2.05, 4.69) is 0 Å². The summed E-state index contributed by atoms with van der Waals surface area (Å²) >= 11 is 7.37. The summed E-state index contributed by atoms with van der Waals surface area (Å²) in [4.78, 5) is 28.6. The van der Waals surface area contributed by atoms with Crippen LogP contribution in [-0.4, -0.2) is 54.6 Å². The monoisotopic (exact) mass is 422 g/mol. The fraction of sp³-hybridized carbons (Fsp3) is 0.400. The van der Waals surface area contributed by atoms with Gasteiger partial charge in [-0.25, -0.2) is 4.79 Å². The first kappa shape index (κ1) is 20.5. The summed E-state index contributed by atoms with van der Waals surface area (Å²) in [6.07, 6.45) is -0.317. The first-order valence-electron chi connectivity index (χ1n) is 9.15. The number of hydrogen-bond acceptors (Lipinski definition) is 5. The molecule has 0 bridgehead atoms. The Kier molecular flexibility index (Phi) is 6.80. The second kappa shape index (κ2) is 9.30. The van der Waals surface area contributed by atoms with Gasteiger partial charge in [-0.2, -0.15) is 0 Å². The Labute approximate surface area is 173 Å². The standard InChI is InChI=1S/C20H23ClN2O4S/c1-3-26-20(25)23-8-6-22(7-9-23)19(24)18-11-15(13-28-18)12-27-17-5-4-16(21)10-14(17)2/h4-5,10-11,13H,3,6-9,12H2,1-2H3. The van der Waals surface area contributed by atoms with Crippen LogP contribution in [0.1, 0.15) is 27.7 Å². The topological polar surface area (TPSA) is 59.1 Å². The highest BCUT2D eigenvalue weighted by molar-refractivity contribution is 7.12. The highest BCUT2D eigenvalue weighted by Gasteiger charge is 2.26. The third kappa shape index (κ3) is 4.97. The number of benzene rings is 1. The van der Waals surface area contributed by atoms with Gasteiger partial charge in [0, 0.05) is 36.8 Å². The van der Waals surface area contributed by atoms with Crippen molar-refractivity contribution < 1.29 is 19.1 Å². The van der Waals surface area contributed by atoms with Crippen LogP contribution in [0.5, 0.6) is 5.75 Å². The van der Waals surface area contributed by atoms with E-state index in [9.17, 15) is 9.59 Å². The zero-order valence-corrected chi connectivity index (χ0v) is 17.5. The van der Waals surface area contributed by atoms with Crippen LogP contribution in [0.25, 0.3) is 0 Å². The molecule has 0 aliphatic carbocycles. The molecular weight excluding hydrogens is 400 g/mol. The molecule has 28 heavy (non-hydrogen) atoms. The van der Waals surface area contributed by atoms with Crippen LogP contribution in [0.4, 0.5) is 4.79 Å². The molecule has 0 saturated carbocycles. The Bertz CT molecular complexity index is 846. The highest BCUT2D eigenvalue weighted by atomic mass is 35.5. The normalized spacial score (nSPS) is 14.1. The molecule has 2 amide bonds. The summed E-state index contributed by atoms with van der Waals surface area (Å²) < 4.78 is 10.9. The number of thiophene rings is 1. The summed E-state index contributed by atoms with van der Waals surface area (Å²) in [5.74, 6) is 0.765. The number of carbonyl (C=O) groups is 2. The smallest absolute Gasteiger partial charge is 0.409 e. The van der Waals surface area contributed by atoms with Gasteiger partial charge in [0.05, 0.1) is 11.5 Å². The Balaban J connectivity index is 1.53. The second-order valence-corrected chi connectivity index (χ2v) is 7.84. The molecule has 0 spiro atoms. The maximum absolute atomic E-state index is 12.7. The van der Waals surface area contributed by atoms with E-state index < -0.39 is 0 Å². The number of halogens is 1. The number of hydrogen-bond donors (Lipinski definition) is 0. The SMILES string of the molecule is CCOC(=O)N1CCN(C(=O)c2cc(COc3ccc(Cl)cc3C)cs2)CC1. The molecule has 1 saturated heterocycles. The first-order chi connectivity index (χ1) is 13.5. The summed E-state index contributed by atoms with van der Waals surface area (Å²) in [5.41, 5.74) is 1.92. The number of rotatable bonds is 5. The van der Waals surface area contributed by atoms with Gasteiger partial charge in [-0.15, -0.1) is 11.3 Å². The second-order valence-electron chi connectivity index (χ2n) is 6.50. The van der Waals surface area contributed by atoms with E-state index in [1.807, 2.05) is 30.5 Å². The molecule has 0 radical (unpaired) electrons. The molecule has 0 atom stereocenters. The van der Waals surface area contributed by atoms with Gasteiger partial charge in [0.25, 0.3) is 5.91 Å². The maximum atomic E-state index is 12.7. The van der Waals surface area contributed by atoms with Crippen molar-refractivity contribution in [1.82, 2.24) is 9.80 Å². The van der Waals surface area contributed by atoms with Crippen LogP contribution in [0.2, 0.25) is 5.02 Å². The van der Waals surface area contributed by atoms with Gasteiger partial charge in [0.1, 0.15) is 12.4 Å². The van der Waals surface area contributed by atoms with Gasteiger partial charge in [0.2, 0.25) is 0 Å². The lowest BCUT2D eigenvalue weighted by Crippen LogP contribution is -2.50. The summed E-state index contributed by atoms with van der Waals surface area (Å²) in [6.45, 7) is 6.46. The van der Waals surface area contributed by atoms with E-state index in [1.165, 1.54) is 11.3 Å².